The van der Waals surface area contributed by atoms with Crippen LogP contribution in [0.25, 0.3) is 0 Å². The molecule has 76 valence electrons. The van der Waals surface area contributed by atoms with Crippen molar-refractivity contribution in [3.63, 3.8) is 0 Å². The molecule has 0 fully saturated rings. The van der Waals surface area contributed by atoms with Gasteiger partial charge >= 0.3 is 11.9 Å². The van der Waals surface area contributed by atoms with Crippen LogP contribution in [0.15, 0.2) is 23.7 Å². The fraction of sp³-hybridized carbons (Fsp3) is 0.400. The molecule has 0 spiro atoms. The predicted octanol–water partition coefficient (Wildman–Crippen LogP) is 1.67. The largest absolute Gasteiger partial charge is 0.431 e. The molecule has 0 aromatic rings. The van der Waals surface area contributed by atoms with E-state index < -0.39 is 0 Å². The first kappa shape index (κ1) is 10.5. The maximum absolute atomic E-state index is 10.6. The van der Waals surface area contributed by atoms with E-state index in [1.807, 2.05) is 0 Å². The van der Waals surface area contributed by atoms with Crippen molar-refractivity contribution in [1.82, 2.24) is 0 Å². The number of hydrogen-bond donors (Lipinski definition) is 0. The lowest BCUT2D eigenvalue weighted by Crippen LogP contribution is -2.05. The minimum atomic E-state index is -0.333. The Balaban J connectivity index is 2.55. The first-order chi connectivity index (χ1) is 6.58. The van der Waals surface area contributed by atoms with E-state index in [1.54, 1.807) is 12.2 Å². The average molecular weight is 196 g/mol. The molecule has 4 heteroatoms. The van der Waals surface area contributed by atoms with Gasteiger partial charge in [0.15, 0.2) is 0 Å². The predicted molar refractivity (Wildman–Crippen MR) is 48.9 cm³/mol. The molecule has 0 aromatic carbocycles. The number of esters is 2. The Hall–Kier alpha value is -1.58. The molecule has 1 aliphatic carbocycles. The molecular formula is C10H12O4. The zero-order chi connectivity index (χ0) is 10.6. The summed E-state index contributed by atoms with van der Waals surface area (Å²) in [6.07, 6.45) is 4.45. The van der Waals surface area contributed by atoms with Gasteiger partial charge in [0.25, 0.3) is 0 Å². The van der Waals surface area contributed by atoms with Crippen molar-refractivity contribution in [2.24, 2.45) is 0 Å². The van der Waals surface area contributed by atoms with Gasteiger partial charge in [-0.2, -0.15) is 0 Å². The zero-order valence-electron chi connectivity index (χ0n) is 8.20. The number of hydrogen-bond acceptors (Lipinski definition) is 4. The first-order valence-electron chi connectivity index (χ1n) is 4.34. The normalized spacial score (nSPS) is 15.3. The summed E-state index contributed by atoms with van der Waals surface area (Å²) >= 11 is 0. The Bertz CT molecular complexity index is 280. The van der Waals surface area contributed by atoms with E-state index in [4.69, 9.17) is 9.47 Å². The fourth-order valence-corrected chi connectivity index (χ4v) is 1.14. The summed E-state index contributed by atoms with van der Waals surface area (Å²) in [5.74, 6) is 0.544. The van der Waals surface area contributed by atoms with E-state index >= 15 is 0 Å². The molecule has 0 radical (unpaired) electrons. The van der Waals surface area contributed by atoms with Gasteiger partial charge in [0.1, 0.15) is 11.5 Å². The second-order valence-corrected chi connectivity index (χ2v) is 2.95. The Morgan fingerprint density at radius 2 is 1.36 bits per heavy atom. The second-order valence-electron chi connectivity index (χ2n) is 2.95. The van der Waals surface area contributed by atoms with Crippen molar-refractivity contribution in [3.05, 3.63) is 23.7 Å². The molecule has 0 heterocycles. The van der Waals surface area contributed by atoms with Crippen molar-refractivity contribution in [3.8, 4) is 0 Å². The third-order valence-electron chi connectivity index (χ3n) is 1.62. The third kappa shape index (κ3) is 3.43. The van der Waals surface area contributed by atoms with E-state index in [0.717, 1.165) is 0 Å². The summed E-state index contributed by atoms with van der Waals surface area (Å²) < 4.78 is 9.76. The smallest absolute Gasteiger partial charge is 0.307 e. The van der Waals surface area contributed by atoms with E-state index in [0.29, 0.717) is 24.4 Å². The molecule has 0 saturated carbocycles. The molecule has 0 N–H and O–H groups in total. The van der Waals surface area contributed by atoms with E-state index in [2.05, 4.69) is 0 Å². The highest BCUT2D eigenvalue weighted by molar-refractivity contribution is 5.68. The number of rotatable bonds is 2. The van der Waals surface area contributed by atoms with Crippen molar-refractivity contribution in [2.75, 3.05) is 0 Å². The van der Waals surface area contributed by atoms with Gasteiger partial charge in [0, 0.05) is 26.7 Å². The maximum Gasteiger partial charge on any atom is 0.307 e. The highest BCUT2D eigenvalue weighted by atomic mass is 16.5. The lowest BCUT2D eigenvalue weighted by Gasteiger charge is -2.12. The lowest BCUT2D eigenvalue weighted by atomic mass is 10.1. The zero-order valence-corrected chi connectivity index (χ0v) is 8.20. The first-order valence-corrected chi connectivity index (χ1v) is 4.34. The SMILES string of the molecule is CC(=O)OC1=CC=C(OC(C)=O)CC1. The van der Waals surface area contributed by atoms with Crippen LogP contribution >= 0.6 is 0 Å². The molecule has 4 nitrogen and oxygen atoms in total. The monoisotopic (exact) mass is 196 g/mol. The van der Waals surface area contributed by atoms with Crippen LogP contribution in [0.1, 0.15) is 26.7 Å². The molecule has 0 aliphatic heterocycles. The number of allylic oxidation sites excluding steroid dienone is 4. The van der Waals surface area contributed by atoms with Crippen molar-refractivity contribution in [2.45, 2.75) is 26.7 Å². The Morgan fingerprint density at radius 3 is 1.57 bits per heavy atom. The van der Waals surface area contributed by atoms with Crippen molar-refractivity contribution >= 4 is 11.9 Å². The standard InChI is InChI=1S/C10H12O4/c1-7(11)13-9-3-5-10(6-4-9)14-8(2)12/h3,5H,4,6H2,1-2H3. The van der Waals surface area contributed by atoms with Crippen molar-refractivity contribution < 1.29 is 19.1 Å². The highest BCUT2D eigenvalue weighted by Crippen LogP contribution is 2.20. The van der Waals surface area contributed by atoms with Gasteiger partial charge in [-0.3, -0.25) is 9.59 Å². The quantitative estimate of drug-likeness (QED) is 0.630. The average Bonchev–Trinajstić information content (AvgIpc) is 2.06. The molecule has 0 bridgehead atoms. The molecule has 1 aliphatic rings. The summed E-state index contributed by atoms with van der Waals surface area (Å²) in [5.41, 5.74) is 0. The van der Waals surface area contributed by atoms with Gasteiger partial charge < -0.3 is 9.47 Å². The van der Waals surface area contributed by atoms with Crippen molar-refractivity contribution in [1.29, 1.82) is 0 Å². The summed E-state index contributed by atoms with van der Waals surface area (Å²) in [4.78, 5) is 21.2. The number of carbonyl (C=O) groups is 2. The minimum absolute atomic E-state index is 0.333. The highest BCUT2D eigenvalue weighted by Gasteiger charge is 2.11. The van der Waals surface area contributed by atoms with Crippen LogP contribution in [-0.4, -0.2) is 11.9 Å². The molecule has 0 saturated heterocycles. The maximum atomic E-state index is 10.6. The van der Waals surface area contributed by atoms with Crippen LogP contribution in [0.5, 0.6) is 0 Å². The summed E-state index contributed by atoms with van der Waals surface area (Å²) in [7, 11) is 0. The second kappa shape index (κ2) is 4.60. The molecule has 0 atom stereocenters. The lowest BCUT2D eigenvalue weighted by molar-refractivity contribution is -0.139. The Morgan fingerprint density at radius 1 is 1.00 bits per heavy atom. The third-order valence-corrected chi connectivity index (χ3v) is 1.62. The molecule has 0 unspecified atom stereocenters. The van der Waals surface area contributed by atoms with Gasteiger partial charge in [-0.05, 0) is 12.2 Å². The van der Waals surface area contributed by atoms with E-state index in [1.165, 1.54) is 13.8 Å². The van der Waals surface area contributed by atoms with Crippen LogP contribution in [0.3, 0.4) is 0 Å². The van der Waals surface area contributed by atoms with Gasteiger partial charge in [-0.1, -0.05) is 0 Å². The minimum Gasteiger partial charge on any atom is -0.431 e. The van der Waals surface area contributed by atoms with Crippen LogP contribution in [0.4, 0.5) is 0 Å². The molecular weight excluding hydrogens is 184 g/mol. The van der Waals surface area contributed by atoms with Crippen LogP contribution in [0.2, 0.25) is 0 Å². The van der Waals surface area contributed by atoms with Gasteiger partial charge in [-0.25, -0.2) is 0 Å². The Labute approximate surface area is 82.2 Å². The summed E-state index contributed by atoms with van der Waals surface area (Å²) in [5, 5.41) is 0. The van der Waals surface area contributed by atoms with Gasteiger partial charge in [0.2, 0.25) is 0 Å². The Kier molecular flexibility index (Phi) is 3.45. The molecule has 14 heavy (non-hydrogen) atoms. The van der Waals surface area contributed by atoms with E-state index in [-0.39, 0.29) is 11.9 Å². The summed E-state index contributed by atoms with van der Waals surface area (Å²) in [6, 6.07) is 0. The fourth-order valence-electron chi connectivity index (χ4n) is 1.14. The van der Waals surface area contributed by atoms with Gasteiger partial charge in [0.05, 0.1) is 0 Å². The van der Waals surface area contributed by atoms with Crippen LogP contribution < -0.4 is 0 Å². The molecule has 0 aromatic heterocycles. The topological polar surface area (TPSA) is 52.6 Å². The number of ether oxygens (including phenoxy) is 2. The van der Waals surface area contributed by atoms with Gasteiger partial charge in [-0.15, -0.1) is 0 Å². The number of carbonyl (C=O) groups excluding carboxylic acids is 2. The van der Waals surface area contributed by atoms with Crippen LogP contribution in [0, 0.1) is 0 Å². The molecule has 1 rings (SSSR count). The summed E-state index contributed by atoms with van der Waals surface area (Å²) in [6.45, 7) is 2.71. The van der Waals surface area contributed by atoms with E-state index in [9.17, 15) is 9.59 Å². The van der Waals surface area contributed by atoms with Crippen LogP contribution in [-0.2, 0) is 19.1 Å². The molecule has 0 amide bonds.